The number of benzene rings is 2. The van der Waals surface area contributed by atoms with Crippen LogP contribution < -0.4 is 9.73 Å². The number of nitrogens with zero attached hydrogens (tertiary/aromatic N) is 2. The zero-order chi connectivity index (χ0) is 25.2. The molecule has 6 nitrogen and oxygen atoms in total. The molecule has 0 atom stereocenters. The molecule has 0 saturated carbocycles. The third-order valence-corrected chi connectivity index (χ3v) is 6.19. The van der Waals surface area contributed by atoms with Crippen molar-refractivity contribution in [1.82, 2.24) is 5.43 Å². The first-order valence-corrected chi connectivity index (χ1v) is 12.0. The van der Waals surface area contributed by atoms with Gasteiger partial charge in [0.1, 0.15) is 6.54 Å². The van der Waals surface area contributed by atoms with Crippen LogP contribution >= 0.6 is 11.6 Å². The molecule has 0 aromatic heterocycles. The third kappa shape index (κ3) is 7.20. The van der Waals surface area contributed by atoms with Crippen molar-refractivity contribution in [3.63, 3.8) is 0 Å². The van der Waals surface area contributed by atoms with Crippen LogP contribution in [0.25, 0.3) is 0 Å². The predicted molar refractivity (Wildman–Crippen MR) is 124 cm³/mol. The Labute approximate surface area is 196 Å². The van der Waals surface area contributed by atoms with E-state index in [1.165, 1.54) is 0 Å². The van der Waals surface area contributed by atoms with Gasteiger partial charge in [0.2, 0.25) is 10.0 Å². The fraction of sp³-hybridized carbons (Fsp3) is 0.364. The summed E-state index contributed by atoms with van der Waals surface area (Å²) in [5.41, 5.74) is 2.98. The molecule has 1 N–H and O–H groups in total. The first kappa shape index (κ1) is 26.7. The van der Waals surface area contributed by atoms with Crippen molar-refractivity contribution >= 4 is 38.9 Å². The minimum Gasteiger partial charge on any atom is -0.271 e. The summed E-state index contributed by atoms with van der Waals surface area (Å²) >= 11 is 5.95. The van der Waals surface area contributed by atoms with Crippen molar-refractivity contribution in [3.05, 3.63) is 64.2 Å². The number of sulfonamides is 1. The van der Waals surface area contributed by atoms with Gasteiger partial charge >= 0.3 is 6.18 Å². The number of carbonyl (C=O) groups is 1. The van der Waals surface area contributed by atoms with E-state index in [0.717, 1.165) is 29.5 Å². The molecular formula is C22H25ClF3N3O3S. The lowest BCUT2D eigenvalue weighted by Crippen LogP contribution is -2.39. The van der Waals surface area contributed by atoms with E-state index in [4.69, 9.17) is 11.6 Å². The highest BCUT2D eigenvalue weighted by Gasteiger charge is 2.33. The Morgan fingerprint density at radius 3 is 2.09 bits per heavy atom. The molecule has 1 amide bonds. The van der Waals surface area contributed by atoms with Crippen molar-refractivity contribution in [3.8, 4) is 0 Å². The number of alkyl halides is 3. The highest BCUT2D eigenvalue weighted by Crippen LogP contribution is 2.36. The Kier molecular flexibility index (Phi) is 7.86. The van der Waals surface area contributed by atoms with Crippen molar-refractivity contribution in [2.24, 2.45) is 5.10 Å². The summed E-state index contributed by atoms with van der Waals surface area (Å²) < 4.78 is 64.2. The molecule has 0 bridgehead atoms. The smallest absolute Gasteiger partial charge is 0.271 e. The average molecular weight is 504 g/mol. The van der Waals surface area contributed by atoms with Gasteiger partial charge in [0.05, 0.1) is 28.2 Å². The number of hydrazone groups is 1. The van der Waals surface area contributed by atoms with Crippen LogP contribution in [0.2, 0.25) is 5.02 Å². The molecule has 2 rings (SSSR count). The second-order valence-electron chi connectivity index (χ2n) is 8.49. The summed E-state index contributed by atoms with van der Waals surface area (Å²) in [6.45, 7) is 7.08. The molecule has 0 aliphatic carbocycles. The number of amides is 1. The lowest BCUT2D eigenvalue weighted by atomic mass is 9.86. The predicted octanol–water partition coefficient (Wildman–Crippen LogP) is 4.96. The van der Waals surface area contributed by atoms with E-state index < -0.39 is 39.9 Å². The Bertz CT molecular complexity index is 1160. The molecule has 2 aromatic carbocycles. The van der Waals surface area contributed by atoms with E-state index in [0.29, 0.717) is 16.1 Å². The fourth-order valence-electron chi connectivity index (χ4n) is 2.85. The lowest BCUT2D eigenvalue weighted by Gasteiger charge is -2.23. The van der Waals surface area contributed by atoms with Crippen LogP contribution in [0.3, 0.4) is 0 Å². The second kappa shape index (κ2) is 9.72. The third-order valence-electron chi connectivity index (χ3n) is 4.75. The van der Waals surface area contributed by atoms with Crippen LogP contribution in [0.15, 0.2) is 47.6 Å². The van der Waals surface area contributed by atoms with Gasteiger partial charge in [-0.15, -0.1) is 0 Å². The van der Waals surface area contributed by atoms with Gasteiger partial charge in [-0.3, -0.25) is 9.10 Å². The van der Waals surface area contributed by atoms with Gasteiger partial charge in [0, 0.05) is 0 Å². The van der Waals surface area contributed by atoms with Gasteiger partial charge in [0.15, 0.2) is 0 Å². The molecule has 0 saturated heterocycles. The molecule has 180 valence electrons. The molecule has 33 heavy (non-hydrogen) atoms. The van der Waals surface area contributed by atoms with Gasteiger partial charge in [-0.2, -0.15) is 18.3 Å². The van der Waals surface area contributed by atoms with E-state index >= 15 is 0 Å². The number of carbonyl (C=O) groups excluding carboxylic acids is 1. The monoisotopic (exact) mass is 503 g/mol. The van der Waals surface area contributed by atoms with E-state index in [-0.39, 0.29) is 10.4 Å². The zero-order valence-electron chi connectivity index (χ0n) is 18.8. The number of rotatable bonds is 6. The summed E-state index contributed by atoms with van der Waals surface area (Å²) in [7, 11) is -4.14. The topological polar surface area (TPSA) is 78.8 Å². The largest absolute Gasteiger partial charge is 0.416 e. The molecule has 0 fully saturated rings. The summed E-state index contributed by atoms with van der Waals surface area (Å²) in [5, 5.41) is 3.73. The van der Waals surface area contributed by atoms with Crippen molar-refractivity contribution in [1.29, 1.82) is 0 Å². The normalized spacial score (nSPS) is 13.1. The summed E-state index contributed by atoms with van der Waals surface area (Å²) in [6.07, 6.45) is -3.95. The average Bonchev–Trinajstić information content (AvgIpc) is 2.68. The van der Waals surface area contributed by atoms with Crippen molar-refractivity contribution in [2.75, 3.05) is 17.1 Å². The van der Waals surface area contributed by atoms with Crippen LogP contribution in [0.1, 0.15) is 44.4 Å². The van der Waals surface area contributed by atoms with Crippen LogP contribution in [-0.4, -0.2) is 32.8 Å². The second-order valence-corrected chi connectivity index (χ2v) is 10.8. The maximum Gasteiger partial charge on any atom is 0.416 e. The molecule has 0 aliphatic rings. The van der Waals surface area contributed by atoms with E-state index in [1.807, 2.05) is 24.3 Å². The van der Waals surface area contributed by atoms with Crippen molar-refractivity contribution in [2.45, 2.75) is 39.3 Å². The number of hydrogen-bond donors (Lipinski definition) is 1. The molecule has 11 heteroatoms. The zero-order valence-corrected chi connectivity index (χ0v) is 20.4. The van der Waals surface area contributed by atoms with Gasteiger partial charge in [-0.1, -0.05) is 56.6 Å². The number of nitrogens with one attached hydrogen (secondary N) is 1. The first-order chi connectivity index (χ1) is 15.0. The summed E-state index contributed by atoms with van der Waals surface area (Å²) in [4.78, 5) is 12.4. The molecule has 0 aliphatic heterocycles. The fourth-order valence-corrected chi connectivity index (χ4v) is 3.98. The van der Waals surface area contributed by atoms with Crippen LogP contribution in [-0.2, 0) is 26.4 Å². The molecule has 0 spiro atoms. The Morgan fingerprint density at radius 2 is 1.61 bits per heavy atom. The standard InChI is InChI=1S/C22H25ClF3N3O3S/c1-14(15-6-8-16(9-7-15)21(2,3)4)27-28-20(30)13-29(33(5,31)32)19-12-17(22(24,25)26)10-11-18(19)23/h6-12H,13H2,1-5H3,(H,28,30)/b27-14+. The van der Waals surface area contributed by atoms with E-state index in [9.17, 15) is 26.4 Å². The highest BCUT2D eigenvalue weighted by atomic mass is 35.5. The molecule has 0 unspecified atom stereocenters. The lowest BCUT2D eigenvalue weighted by molar-refractivity contribution is -0.137. The minimum atomic E-state index is -4.71. The maximum atomic E-state index is 13.1. The van der Waals surface area contributed by atoms with Gasteiger partial charge in [-0.25, -0.2) is 13.8 Å². The maximum absolute atomic E-state index is 13.1. The molecule has 0 radical (unpaired) electrons. The van der Waals surface area contributed by atoms with Gasteiger partial charge in [-0.05, 0) is 41.7 Å². The molecular weight excluding hydrogens is 479 g/mol. The van der Waals surface area contributed by atoms with Crippen LogP contribution in [0.5, 0.6) is 0 Å². The summed E-state index contributed by atoms with van der Waals surface area (Å²) in [5.74, 6) is -0.848. The van der Waals surface area contributed by atoms with Crippen LogP contribution in [0.4, 0.5) is 18.9 Å². The Balaban J connectivity index is 2.24. The number of halogens is 4. The highest BCUT2D eigenvalue weighted by molar-refractivity contribution is 7.92. The number of hydrogen-bond acceptors (Lipinski definition) is 4. The van der Waals surface area contributed by atoms with Crippen LogP contribution in [0, 0.1) is 0 Å². The Hall–Kier alpha value is -2.59. The van der Waals surface area contributed by atoms with Crippen molar-refractivity contribution < 1.29 is 26.4 Å². The van der Waals surface area contributed by atoms with E-state index in [1.54, 1.807) is 6.92 Å². The SMILES string of the molecule is C/C(=N\NC(=O)CN(c1cc(C(F)(F)F)ccc1Cl)S(C)(=O)=O)c1ccc(C(C)(C)C)cc1. The van der Waals surface area contributed by atoms with E-state index in [2.05, 4.69) is 31.3 Å². The number of anilines is 1. The quantitative estimate of drug-likeness (QED) is 0.447. The minimum absolute atomic E-state index is 0.0302. The Morgan fingerprint density at radius 1 is 1.06 bits per heavy atom. The first-order valence-electron chi connectivity index (χ1n) is 9.78. The van der Waals surface area contributed by atoms with Gasteiger partial charge in [0.25, 0.3) is 5.91 Å². The summed E-state index contributed by atoms with van der Waals surface area (Å²) in [6, 6.07) is 9.81. The molecule has 2 aromatic rings. The van der Waals surface area contributed by atoms with Gasteiger partial charge < -0.3 is 0 Å². The molecule has 0 heterocycles.